The summed E-state index contributed by atoms with van der Waals surface area (Å²) in [5.74, 6) is -10.5. The van der Waals surface area contributed by atoms with Crippen LogP contribution in [0.2, 0.25) is 0 Å². The molecule has 0 bridgehead atoms. The van der Waals surface area contributed by atoms with Gasteiger partial charge in [0.05, 0.1) is 18.9 Å². The van der Waals surface area contributed by atoms with E-state index in [1.54, 1.807) is 0 Å². The summed E-state index contributed by atoms with van der Waals surface area (Å²) in [4.78, 5) is 93.5. The minimum absolute atomic E-state index is 0.446. The lowest BCUT2D eigenvalue weighted by molar-refractivity contribution is -0.142. The van der Waals surface area contributed by atoms with Crippen molar-refractivity contribution in [2.45, 2.75) is 63.7 Å². The molecular formula is C20H31N5O12. The van der Waals surface area contributed by atoms with Crippen molar-refractivity contribution in [1.82, 2.24) is 21.3 Å². The van der Waals surface area contributed by atoms with Crippen molar-refractivity contribution in [3.63, 3.8) is 0 Å². The Kier molecular flexibility index (Phi) is 13.8. The molecule has 0 spiro atoms. The fourth-order valence-electron chi connectivity index (χ4n) is 2.82. The zero-order valence-corrected chi connectivity index (χ0v) is 20.1. The van der Waals surface area contributed by atoms with Gasteiger partial charge in [-0.25, -0.2) is 0 Å². The molecule has 0 rings (SSSR count). The fraction of sp³-hybridized carbons (Fsp3) is 0.600. The first-order valence-electron chi connectivity index (χ1n) is 10.9. The highest BCUT2D eigenvalue weighted by molar-refractivity contribution is 5.96. The summed E-state index contributed by atoms with van der Waals surface area (Å²) in [5.41, 5.74) is 5.46. The van der Waals surface area contributed by atoms with Crippen LogP contribution < -0.4 is 27.0 Å². The molecule has 0 heterocycles. The number of nitrogens with one attached hydrogen (secondary N) is 4. The Morgan fingerprint density at radius 3 is 1.65 bits per heavy atom. The van der Waals surface area contributed by atoms with E-state index in [1.165, 1.54) is 13.8 Å². The van der Waals surface area contributed by atoms with Gasteiger partial charge in [-0.05, 0) is 12.3 Å². The zero-order valence-electron chi connectivity index (χ0n) is 20.1. The van der Waals surface area contributed by atoms with Crippen molar-refractivity contribution in [3.05, 3.63) is 0 Å². The topological polar surface area (TPSA) is 292 Å². The molecule has 0 saturated heterocycles. The fourth-order valence-corrected chi connectivity index (χ4v) is 2.82. The van der Waals surface area contributed by atoms with Crippen molar-refractivity contribution in [1.29, 1.82) is 0 Å². The lowest BCUT2D eigenvalue weighted by Gasteiger charge is -2.27. The van der Waals surface area contributed by atoms with Gasteiger partial charge in [0.1, 0.15) is 24.7 Å². The number of hydrogen-bond acceptors (Lipinski definition) is 9. The second-order valence-electron chi connectivity index (χ2n) is 8.20. The van der Waals surface area contributed by atoms with Gasteiger partial charge < -0.3 is 47.4 Å². The standard InChI is InChI=1S/C20H31N5O12/c1-8(2)16(20(37)24-11(6-14(30)31)18(35)22-7-15(32)33)25-19(36)10(3-4-12(26)27)23-17(34)9(21)5-13(28)29/h8-11,16H,3-7,21H2,1-2H3,(H,22,35)(H,23,34)(H,24,37)(H,25,36)(H,26,27)(H,28,29)(H,30,31)(H,32,33)/t9-,10-,11-,16-/m0/s1. The maximum atomic E-state index is 12.8. The van der Waals surface area contributed by atoms with Crippen molar-refractivity contribution in [3.8, 4) is 0 Å². The third-order valence-corrected chi connectivity index (χ3v) is 4.68. The van der Waals surface area contributed by atoms with Gasteiger partial charge in [0, 0.05) is 6.42 Å². The summed E-state index contributed by atoms with van der Waals surface area (Å²) in [6.45, 7) is 2.12. The summed E-state index contributed by atoms with van der Waals surface area (Å²) >= 11 is 0. The molecule has 0 radical (unpaired) electrons. The molecule has 0 aliphatic rings. The molecule has 0 saturated carbocycles. The quantitative estimate of drug-likeness (QED) is 0.0875. The normalized spacial score (nSPS) is 13.8. The number of aliphatic carboxylic acids is 4. The maximum Gasteiger partial charge on any atom is 0.322 e. The first kappa shape index (κ1) is 32.7. The Morgan fingerprint density at radius 2 is 1.19 bits per heavy atom. The molecule has 0 aromatic rings. The van der Waals surface area contributed by atoms with E-state index in [-0.39, 0.29) is 0 Å². The van der Waals surface area contributed by atoms with E-state index in [4.69, 9.17) is 26.2 Å². The second-order valence-corrected chi connectivity index (χ2v) is 8.20. The van der Waals surface area contributed by atoms with E-state index < -0.39 is 110 Å². The van der Waals surface area contributed by atoms with E-state index in [0.29, 0.717) is 0 Å². The van der Waals surface area contributed by atoms with Crippen LogP contribution in [0.25, 0.3) is 0 Å². The molecule has 4 atom stereocenters. The van der Waals surface area contributed by atoms with Gasteiger partial charge in [-0.1, -0.05) is 13.8 Å². The molecular weight excluding hydrogens is 502 g/mol. The summed E-state index contributed by atoms with van der Waals surface area (Å²) in [7, 11) is 0. The molecule has 10 N–H and O–H groups in total. The lowest BCUT2D eigenvalue weighted by atomic mass is 10.0. The third kappa shape index (κ3) is 13.4. The summed E-state index contributed by atoms with van der Waals surface area (Å²) in [6, 6.07) is -6.19. The number of nitrogens with two attached hydrogens (primary N) is 1. The molecule has 0 fully saturated rings. The van der Waals surface area contributed by atoms with Gasteiger partial charge >= 0.3 is 23.9 Å². The van der Waals surface area contributed by atoms with Crippen LogP contribution in [-0.4, -0.2) is 98.6 Å². The van der Waals surface area contributed by atoms with Gasteiger partial charge in [-0.2, -0.15) is 0 Å². The number of carboxylic acids is 4. The first-order chi connectivity index (χ1) is 17.0. The van der Waals surface area contributed by atoms with Crippen molar-refractivity contribution >= 4 is 47.5 Å². The minimum atomic E-state index is -1.70. The average molecular weight is 533 g/mol. The molecule has 0 unspecified atom stereocenters. The third-order valence-electron chi connectivity index (χ3n) is 4.68. The summed E-state index contributed by atoms with van der Waals surface area (Å²) < 4.78 is 0. The average Bonchev–Trinajstić information content (AvgIpc) is 2.76. The van der Waals surface area contributed by atoms with Crippen LogP contribution in [0.4, 0.5) is 0 Å². The smallest absolute Gasteiger partial charge is 0.322 e. The van der Waals surface area contributed by atoms with Gasteiger partial charge in [-0.15, -0.1) is 0 Å². The molecule has 4 amide bonds. The van der Waals surface area contributed by atoms with Crippen LogP contribution in [0.1, 0.15) is 39.5 Å². The van der Waals surface area contributed by atoms with Crippen LogP contribution in [0.3, 0.4) is 0 Å². The lowest BCUT2D eigenvalue weighted by Crippen LogP contribution is -2.59. The van der Waals surface area contributed by atoms with Crippen molar-refractivity contribution in [2.75, 3.05) is 6.54 Å². The van der Waals surface area contributed by atoms with Crippen LogP contribution >= 0.6 is 0 Å². The van der Waals surface area contributed by atoms with Gasteiger partial charge in [0.15, 0.2) is 0 Å². The van der Waals surface area contributed by atoms with E-state index in [9.17, 15) is 38.4 Å². The van der Waals surface area contributed by atoms with Crippen molar-refractivity contribution in [2.24, 2.45) is 11.7 Å². The molecule has 0 aromatic carbocycles. The molecule has 17 heteroatoms. The molecule has 0 aromatic heterocycles. The predicted octanol–water partition coefficient (Wildman–Crippen LogP) is -3.56. The van der Waals surface area contributed by atoms with E-state index >= 15 is 0 Å². The van der Waals surface area contributed by atoms with Crippen LogP contribution in [0.5, 0.6) is 0 Å². The largest absolute Gasteiger partial charge is 0.481 e. The van der Waals surface area contributed by atoms with Crippen molar-refractivity contribution < 1.29 is 58.8 Å². The van der Waals surface area contributed by atoms with E-state index in [2.05, 4.69) is 16.0 Å². The minimum Gasteiger partial charge on any atom is -0.481 e. The number of rotatable bonds is 17. The number of carbonyl (C=O) groups is 8. The van der Waals surface area contributed by atoms with Crippen LogP contribution in [0, 0.1) is 5.92 Å². The highest BCUT2D eigenvalue weighted by atomic mass is 16.4. The first-order valence-corrected chi connectivity index (χ1v) is 10.9. The Labute approximate surface area is 210 Å². The van der Waals surface area contributed by atoms with E-state index in [0.717, 1.165) is 0 Å². The maximum absolute atomic E-state index is 12.8. The predicted molar refractivity (Wildman–Crippen MR) is 121 cm³/mol. The monoisotopic (exact) mass is 533 g/mol. The van der Waals surface area contributed by atoms with Gasteiger partial charge in [0.2, 0.25) is 23.6 Å². The molecule has 0 aliphatic carbocycles. The van der Waals surface area contributed by atoms with Gasteiger partial charge in [-0.3, -0.25) is 38.4 Å². The molecule has 0 aliphatic heterocycles. The summed E-state index contributed by atoms with van der Waals surface area (Å²) in [5, 5.41) is 43.9. The number of hydrogen-bond donors (Lipinski definition) is 9. The van der Waals surface area contributed by atoms with Crippen LogP contribution in [-0.2, 0) is 38.4 Å². The number of amides is 4. The van der Waals surface area contributed by atoms with Crippen LogP contribution in [0.15, 0.2) is 0 Å². The highest BCUT2D eigenvalue weighted by Gasteiger charge is 2.33. The Hall–Kier alpha value is -4.28. The highest BCUT2D eigenvalue weighted by Crippen LogP contribution is 2.07. The molecule has 17 nitrogen and oxygen atoms in total. The van der Waals surface area contributed by atoms with Gasteiger partial charge in [0.25, 0.3) is 0 Å². The number of carboxylic acid groups (broad SMARTS) is 4. The summed E-state index contributed by atoms with van der Waals surface area (Å²) in [6.07, 6.45) is -2.71. The second kappa shape index (κ2) is 15.7. The Balaban J connectivity index is 5.66. The molecule has 208 valence electrons. The Bertz CT molecular complexity index is 906. The number of carbonyl (C=O) groups excluding carboxylic acids is 4. The SMILES string of the molecule is CC(C)[C@H](NC(=O)[C@H](CCC(=O)O)NC(=O)[C@@H](N)CC(=O)O)C(=O)N[C@@H](CC(=O)O)C(=O)NCC(=O)O. The molecule has 37 heavy (non-hydrogen) atoms. The van der Waals surface area contributed by atoms with E-state index in [1.807, 2.05) is 5.32 Å². The Morgan fingerprint density at radius 1 is 0.649 bits per heavy atom. The zero-order chi connectivity index (χ0) is 28.9.